The normalized spacial score (nSPS) is 11.0. The number of anilines is 4. The molecule has 4 aromatic heterocycles. The number of aromatic nitrogens is 5. The van der Waals surface area contributed by atoms with Crippen molar-refractivity contribution in [1.82, 2.24) is 29.2 Å². The molecule has 0 aliphatic rings. The lowest BCUT2D eigenvalue weighted by atomic mass is 10.3. The van der Waals surface area contributed by atoms with Crippen molar-refractivity contribution in [3.63, 3.8) is 0 Å². The Kier molecular flexibility index (Phi) is 7.63. The zero-order chi connectivity index (χ0) is 26.5. The van der Waals surface area contributed by atoms with E-state index in [1.165, 1.54) is 13.2 Å². The van der Waals surface area contributed by atoms with Crippen LogP contribution in [0.4, 0.5) is 23.1 Å². The molecule has 0 aliphatic carbocycles. The van der Waals surface area contributed by atoms with Gasteiger partial charge in [0.1, 0.15) is 11.4 Å². The van der Waals surface area contributed by atoms with E-state index in [0.29, 0.717) is 47.1 Å². The summed E-state index contributed by atoms with van der Waals surface area (Å²) >= 11 is 0. The Bertz CT molecular complexity index is 1430. The second-order valence-electron chi connectivity index (χ2n) is 8.70. The Morgan fingerprint density at radius 3 is 2.68 bits per heavy atom. The van der Waals surface area contributed by atoms with Crippen LogP contribution in [0.5, 0.6) is 5.88 Å². The van der Waals surface area contributed by atoms with Crippen LogP contribution in [0.2, 0.25) is 0 Å². The monoisotopic (exact) mass is 501 g/mol. The van der Waals surface area contributed by atoms with Gasteiger partial charge in [-0.25, -0.2) is 15.0 Å². The Morgan fingerprint density at radius 1 is 1.14 bits per heavy atom. The summed E-state index contributed by atoms with van der Waals surface area (Å²) in [5.41, 5.74) is 3.56. The van der Waals surface area contributed by atoms with Gasteiger partial charge in [-0.1, -0.05) is 12.6 Å². The minimum atomic E-state index is -0.347. The third-order valence-corrected chi connectivity index (χ3v) is 5.71. The predicted molar refractivity (Wildman–Crippen MR) is 146 cm³/mol. The molecule has 0 fully saturated rings. The van der Waals surface area contributed by atoms with E-state index in [-0.39, 0.29) is 5.91 Å². The van der Waals surface area contributed by atoms with Crippen LogP contribution in [-0.2, 0) is 4.79 Å². The Morgan fingerprint density at radius 2 is 1.95 bits per heavy atom. The van der Waals surface area contributed by atoms with Crippen molar-refractivity contribution in [1.29, 1.82) is 0 Å². The van der Waals surface area contributed by atoms with E-state index in [1.54, 1.807) is 18.3 Å². The van der Waals surface area contributed by atoms with Gasteiger partial charge in [0.25, 0.3) is 0 Å². The molecule has 0 saturated carbocycles. The molecule has 11 nitrogen and oxygen atoms in total. The molecule has 4 heterocycles. The van der Waals surface area contributed by atoms with Crippen molar-refractivity contribution >= 4 is 34.6 Å². The van der Waals surface area contributed by atoms with Gasteiger partial charge in [-0.2, -0.15) is 4.98 Å². The number of methoxy groups -OCH3 is 1. The SMILES string of the molecule is C=CC(=O)Nc1cc(Nc2nccc(-c3nc(C)c4ccccn34)n2)c(OC)nc1N(C)CCN(C)C. The summed E-state index contributed by atoms with van der Waals surface area (Å²) in [6, 6.07) is 9.49. The van der Waals surface area contributed by atoms with Crippen molar-refractivity contribution in [2.75, 3.05) is 56.9 Å². The highest BCUT2D eigenvalue weighted by molar-refractivity contribution is 6.01. The molecule has 0 bridgehead atoms. The molecule has 0 spiro atoms. The summed E-state index contributed by atoms with van der Waals surface area (Å²) in [4.78, 5) is 34.6. The van der Waals surface area contributed by atoms with E-state index in [9.17, 15) is 4.79 Å². The number of pyridine rings is 2. The lowest BCUT2D eigenvalue weighted by Crippen LogP contribution is -2.30. The number of amides is 1. The van der Waals surface area contributed by atoms with Gasteiger partial charge in [0.15, 0.2) is 11.6 Å². The molecule has 192 valence electrons. The summed E-state index contributed by atoms with van der Waals surface area (Å²) in [7, 11) is 7.44. The van der Waals surface area contributed by atoms with Crippen LogP contribution in [-0.4, -0.2) is 76.5 Å². The number of fused-ring (bicyclic) bond motifs is 1. The quantitative estimate of drug-likeness (QED) is 0.316. The molecule has 0 aliphatic heterocycles. The van der Waals surface area contributed by atoms with E-state index in [2.05, 4.69) is 37.1 Å². The third kappa shape index (κ3) is 5.67. The van der Waals surface area contributed by atoms with E-state index in [1.807, 2.05) is 61.8 Å². The van der Waals surface area contributed by atoms with E-state index < -0.39 is 0 Å². The molecular formula is C26H31N9O2. The van der Waals surface area contributed by atoms with Crippen molar-refractivity contribution in [3.05, 3.63) is 61.1 Å². The molecule has 0 unspecified atom stereocenters. The van der Waals surface area contributed by atoms with Crippen molar-refractivity contribution in [3.8, 4) is 17.4 Å². The topological polar surface area (TPSA) is 113 Å². The van der Waals surface area contributed by atoms with E-state index in [4.69, 9.17) is 9.72 Å². The fourth-order valence-corrected chi connectivity index (χ4v) is 3.79. The first-order valence-electron chi connectivity index (χ1n) is 11.7. The number of nitrogens with zero attached hydrogens (tertiary/aromatic N) is 7. The number of likely N-dealkylation sites (N-methyl/N-ethyl adjacent to an activating group) is 2. The number of carbonyl (C=O) groups is 1. The van der Waals surface area contributed by atoms with Crippen molar-refractivity contribution < 1.29 is 9.53 Å². The number of aryl methyl sites for hydroxylation is 1. The second-order valence-corrected chi connectivity index (χ2v) is 8.70. The highest BCUT2D eigenvalue weighted by Crippen LogP contribution is 2.34. The molecule has 4 aromatic rings. The Hall–Kier alpha value is -4.51. The molecule has 0 radical (unpaired) electrons. The molecule has 4 rings (SSSR count). The van der Waals surface area contributed by atoms with Gasteiger partial charge in [0, 0.05) is 32.5 Å². The molecule has 1 amide bonds. The number of ether oxygens (including phenoxy) is 1. The Labute approximate surface area is 215 Å². The zero-order valence-electron chi connectivity index (χ0n) is 21.7. The first-order valence-corrected chi connectivity index (χ1v) is 11.7. The number of rotatable bonds is 10. The maximum atomic E-state index is 12.2. The highest BCUT2D eigenvalue weighted by atomic mass is 16.5. The highest BCUT2D eigenvalue weighted by Gasteiger charge is 2.19. The molecule has 0 atom stereocenters. The van der Waals surface area contributed by atoms with Gasteiger partial charge in [-0.15, -0.1) is 0 Å². The molecule has 11 heteroatoms. The fourth-order valence-electron chi connectivity index (χ4n) is 3.79. The van der Waals surface area contributed by atoms with Gasteiger partial charge in [-0.05, 0) is 51.4 Å². The van der Waals surface area contributed by atoms with Crippen LogP contribution in [0.1, 0.15) is 5.69 Å². The van der Waals surface area contributed by atoms with Crippen LogP contribution in [0.25, 0.3) is 17.0 Å². The van der Waals surface area contributed by atoms with Gasteiger partial charge >= 0.3 is 0 Å². The zero-order valence-corrected chi connectivity index (χ0v) is 21.7. The average Bonchev–Trinajstić information content (AvgIpc) is 3.24. The minimum Gasteiger partial charge on any atom is -0.479 e. The fraction of sp³-hybridized carbons (Fsp3) is 0.269. The molecular weight excluding hydrogens is 470 g/mol. The summed E-state index contributed by atoms with van der Waals surface area (Å²) < 4.78 is 7.57. The average molecular weight is 502 g/mol. The first-order chi connectivity index (χ1) is 17.8. The van der Waals surface area contributed by atoms with Gasteiger partial charge in [-0.3, -0.25) is 9.20 Å². The third-order valence-electron chi connectivity index (χ3n) is 5.71. The molecule has 0 saturated heterocycles. The first kappa shape index (κ1) is 25.6. The van der Waals surface area contributed by atoms with Gasteiger partial charge < -0.3 is 25.2 Å². The number of imidazole rings is 1. The smallest absolute Gasteiger partial charge is 0.247 e. The van der Waals surface area contributed by atoms with Crippen LogP contribution in [0, 0.1) is 6.92 Å². The van der Waals surface area contributed by atoms with Crippen LogP contribution in [0.15, 0.2) is 55.4 Å². The number of carbonyl (C=O) groups excluding carboxylic acids is 1. The molecule has 2 N–H and O–H groups in total. The summed E-state index contributed by atoms with van der Waals surface area (Å²) in [5, 5.41) is 6.03. The van der Waals surface area contributed by atoms with E-state index >= 15 is 0 Å². The lowest BCUT2D eigenvalue weighted by molar-refractivity contribution is -0.111. The molecule has 37 heavy (non-hydrogen) atoms. The standard InChI is InChI=1S/C26H31N9O2/c1-7-22(36)29-19-16-20(25(37-6)32-23(19)34(5)15-14-33(3)4)31-26-27-12-11-18(30-26)24-28-17(2)21-10-8-9-13-35(21)24/h7-13,16H,1,14-15H2,2-6H3,(H,29,36)(H,27,30,31). The van der Waals surface area contributed by atoms with Crippen LogP contribution in [0.3, 0.4) is 0 Å². The molecule has 0 aromatic carbocycles. The second kappa shape index (κ2) is 11.0. The summed E-state index contributed by atoms with van der Waals surface area (Å²) in [6.07, 6.45) is 4.82. The van der Waals surface area contributed by atoms with Crippen molar-refractivity contribution in [2.45, 2.75) is 6.92 Å². The lowest BCUT2D eigenvalue weighted by Gasteiger charge is -2.24. The van der Waals surface area contributed by atoms with Gasteiger partial charge in [0.2, 0.25) is 17.7 Å². The summed E-state index contributed by atoms with van der Waals surface area (Å²) in [6.45, 7) is 7.01. The minimum absolute atomic E-state index is 0.331. The maximum Gasteiger partial charge on any atom is 0.247 e. The maximum absolute atomic E-state index is 12.2. The Balaban J connectivity index is 1.71. The number of hydrogen-bond donors (Lipinski definition) is 2. The number of hydrogen-bond acceptors (Lipinski definition) is 9. The van der Waals surface area contributed by atoms with Crippen LogP contribution < -0.4 is 20.3 Å². The van der Waals surface area contributed by atoms with Crippen LogP contribution >= 0.6 is 0 Å². The van der Waals surface area contributed by atoms with Gasteiger partial charge in [0.05, 0.1) is 24.0 Å². The van der Waals surface area contributed by atoms with E-state index in [0.717, 1.165) is 17.8 Å². The summed E-state index contributed by atoms with van der Waals surface area (Å²) in [5.74, 6) is 1.59. The van der Waals surface area contributed by atoms with Crippen molar-refractivity contribution in [2.24, 2.45) is 0 Å². The largest absolute Gasteiger partial charge is 0.479 e. The number of nitrogens with one attached hydrogen (secondary N) is 2. The predicted octanol–water partition coefficient (Wildman–Crippen LogP) is 3.37.